The van der Waals surface area contributed by atoms with Crippen LogP contribution < -0.4 is 0 Å². The second kappa shape index (κ2) is 4.63. The van der Waals surface area contributed by atoms with E-state index in [1.165, 1.54) is 0 Å². The molecule has 1 N–H and O–H groups in total. The van der Waals surface area contributed by atoms with Gasteiger partial charge in [0.1, 0.15) is 5.60 Å². The third kappa shape index (κ3) is 3.34. The highest BCUT2D eigenvalue weighted by Gasteiger charge is 2.27. The molecule has 5 nitrogen and oxygen atoms in total. The maximum absolute atomic E-state index is 10.8. The van der Waals surface area contributed by atoms with E-state index in [0.29, 0.717) is 6.54 Å². The van der Waals surface area contributed by atoms with Gasteiger partial charge in [-0.15, -0.1) is 0 Å². The van der Waals surface area contributed by atoms with E-state index in [1.54, 1.807) is 13.8 Å². The number of fused-ring (bicyclic) bond motifs is 1. The first-order chi connectivity index (χ1) is 8.68. The minimum atomic E-state index is -4.46. The largest absolute Gasteiger partial charge is 0.397 e. The van der Waals surface area contributed by atoms with Gasteiger partial charge in [0.15, 0.2) is 0 Å². The van der Waals surface area contributed by atoms with Crippen LogP contribution in [0, 0.1) is 6.92 Å². The van der Waals surface area contributed by atoms with Gasteiger partial charge >= 0.3 is 10.4 Å². The van der Waals surface area contributed by atoms with E-state index in [9.17, 15) is 8.42 Å². The minimum Gasteiger partial charge on any atom is -0.342 e. The summed E-state index contributed by atoms with van der Waals surface area (Å²) in [6.07, 6.45) is 0. The average Bonchev–Trinajstić information content (AvgIpc) is 2.52. The molecule has 104 valence electrons. The summed E-state index contributed by atoms with van der Waals surface area (Å²) in [6, 6.07) is 9.86. The van der Waals surface area contributed by atoms with Gasteiger partial charge in [-0.25, -0.2) is 4.18 Å². The number of aryl methyl sites for hydroxylation is 1. The van der Waals surface area contributed by atoms with Crippen LogP contribution in [0.1, 0.15) is 19.5 Å². The molecular weight excluding hydrogens is 266 g/mol. The summed E-state index contributed by atoms with van der Waals surface area (Å²) in [5, 5.41) is 1.09. The molecule has 0 aliphatic heterocycles. The number of nitrogens with zero attached hydrogens (tertiary/aromatic N) is 1. The fourth-order valence-electron chi connectivity index (χ4n) is 2.25. The zero-order chi connectivity index (χ0) is 14.3. The number of rotatable bonds is 4. The van der Waals surface area contributed by atoms with Crippen molar-refractivity contribution in [2.45, 2.75) is 32.9 Å². The Balaban J connectivity index is 2.38. The van der Waals surface area contributed by atoms with Crippen molar-refractivity contribution in [3.8, 4) is 0 Å². The zero-order valence-electron chi connectivity index (χ0n) is 11.1. The Labute approximate surface area is 112 Å². The number of hydrogen-bond acceptors (Lipinski definition) is 3. The zero-order valence-corrected chi connectivity index (χ0v) is 11.9. The SMILES string of the molecule is Cc1cc2ccccc2n1CC(C)(C)OS(=O)(=O)O. The summed E-state index contributed by atoms with van der Waals surface area (Å²) in [7, 11) is -4.46. The van der Waals surface area contributed by atoms with Crippen molar-refractivity contribution < 1.29 is 17.2 Å². The minimum absolute atomic E-state index is 0.326. The molecule has 0 spiro atoms. The van der Waals surface area contributed by atoms with E-state index in [0.717, 1.165) is 16.6 Å². The van der Waals surface area contributed by atoms with Crippen molar-refractivity contribution >= 4 is 21.3 Å². The molecule has 0 atom stereocenters. The van der Waals surface area contributed by atoms with Gasteiger partial charge in [0.2, 0.25) is 0 Å². The smallest absolute Gasteiger partial charge is 0.342 e. The second-order valence-electron chi connectivity index (χ2n) is 5.20. The summed E-state index contributed by atoms with van der Waals surface area (Å²) in [5.74, 6) is 0. The van der Waals surface area contributed by atoms with Gasteiger partial charge in [-0.3, -0.25) is 4.55 Å². The molecule has 0 amide bonds. The summed E-state index contributed by atoms with van der Waals surface area (Å²) in [6.45, 7) is 5.51. The molecule has 2 rings (SSSR count). The molecule has 6 heteroatoms. The molecular formula is C13H17NO4S. The molecule has 0 aliphatic rings. The molecule has 0 saturated heterocycles. The van der Waals surface area contributed by atoms with E-state index in [1.807, 2.05) is 41.8 Å². The van der Waals surface area contributed by atoms with Crippen molar-refractivity contribution in [2.75, 3.05) is 0 Å². The van der Waals surface area contributed by atoms with Gasteiger partial charge in [-0.2, -0.15) is 8.42 Å². The van der Waals surface area contributed by atoms with Gasteiger partial charge in [-0.1, -0.05) is 18.2 Å². The Morgan fingerprint density at radius 1 is 1.32 bits per heavy atom. The van der Waals surface area contributed by atoms with Gasteiger partial charge in [-0.05, 0) is 38.3 Å². The molecule has 0 radical (unpaired) electrons. The lowest BCUT2D eigenvalue weighted by Crippen LogP contribution is -2.33. The van der Waals surface area contributed by atoms with E-state index < -0.39 is 16.0 Å². The lowest BCUT2D eigenvalue weighted by Gasteiger charge is -2.24. The number of hydrogen-bond donors (Lipinski definition) is 1. The Bertz CT molecular complexity index is 701. The predicted octanol–water partition coefficient (Wildman–Crippen LogP) is 2.55. The highest BCUT2D eigenvalue weighted by molar-refractivity contribution is 7.80. The quantitative estimate of drug-likeness (QED) is 0.876. The van der Waals surface area contributed by atoms with Crippen LogP contribution in [0.2, 0.25) is 0 Å². The second-order valence-corrected chi connectivity index (χ2v) is 6.22. The average molecular weight is 283 g/mol. The summed E-state index contributed by atoms with van der Waals surface area (Å²) in [4.78, 5) is 0. The lowest BCUT2D eigenvalue weighted by atomic mass is 10.1. The Morgan fingerprint density at radius 3 is 2.58 bits per heavy atom. The summed E-state index contributed by atoms with van der Waals surface area (Å²) in [5.41, 5.74) is 0.986. The van der Waals surface area contributed by atoms with Gasteiger partial charge in [0.05, 0.1) is 6.54 Å². The molecule has 1 aromatic carbocycles. The normalized spacial score (nSPS) is 13.1. The standard InChI is InChI=1S/C13H17NO4S/c1-10-8-11-6-4-5-7-12(11)14(10)9-13(2,3)18-19(15,16)17/h4-8H,9H2,1-3H3,(H,15,16,17). The van der Waals surface area contributed by atoms with Gasteiger partial charge in [0, 0.05) is 11.2 Å². The van der Waals surface area contributed by atoms with Crippen LogP contribution in [0.5, 0.6) is 0 Å². The molecule has 0 fully saturated rings. The van der Waals surface area contributed by atoms with Crippen molar-refractivity contribution in [1.82, 2.24) is 4.57 Å². The lowest BCUT2D eigenvalue weighted by molar-refractivity contribution is 0.0822. The summed E-state index contributed by atoms with van der Waals surface area (Å²) < 4.78 is 37.2. The van der Waals surface area contributed by atoms with Crippen LogP contribution in [0.3, 0.4) is 0 Å². The van der Waals surface area contributed by atoms with E-state index >= 15 is 0 Å². The first-order valence-corrected chi connectivity index (χ1v) is 7.27. The van der Waals surface area contributed by atoms with E-state index in [4.69, 9.17) is 8.74 Å². The van der Waals surface area contributed by atoms with E-state index in [-0.39, 0.29) is 0 Å². The van der Waals surface area contributed by atoms with Crippen molar-refractivity contribution in [3.63, 3.8) is 0 Å². The molecule has 2 aromatic rings. The first-order valence-electron chi connectivity index (χ1n) is 5.91. The van der Waals surface area contributed by atoms with Crippen LogP contribution in [0.15, 0.2) is 30.3 Å². The van der Waals surface area contributed by atoms with Crippen LogP contribution >= 0.6 is 0 Å². The van der Waals surface area contributed by atoms with Crippen molar-refractivity contribution in [2.24, 2.45) is 0 Å². The van der Waals surface area contributed by atoms with Gasteiger partial charge < -0.3 is 4.57 Å². The van der Waals surface area contributed by atoms with Crippen molar-refractivity contribution in [1.29, 1.82) is 0 Å². The number of benzene rings is 1. The van der Waals surface area contributed by atoms with Crippen LogP contribution in [-0.4, -0.2) is 23.1 Å². The number of aromatic nitrogens is 1. The maximum Gasteiger partial charge on any atom is 0.397 e. The number of para-hydroxylation sites is 1. The van der Waals surface area contributed by atoms with Crippen LogP contribution in [-0.2, 0) is 21.1 Å². The first kappa shape index (κ1) is 14.0. The van der Waals surface area contributed by atoms with Crippen LogP contribution in [0.25, 0.3) is 10.9 Å². The molecule has 19 heavy (non-hydrogen) atoms. The molecule has 1 heterocycles. The summed E-state index contributed by atoms with van der Waals surface area (Å²) >= 11 is 0. The molecule has 1 aromatic heterocycles. The Kier molecular flexibility index (Phi) is 3.42. The Hall–Kier alpha value is -1.37. The van der Waals surface area contributed by atoms with Gasteiger partial charge in [0.25, 0.3) is 0 Å². The maximum atomic E-state index is 10.8. The molecule has 0 saturated carbocycles. The molecule has 0 unspecified atom stereocenters. The third-order valence-corrected chi connectivity index (χ3v) is 3.55. The van der Waals surface area contributed by atoms with Crippen LogP contribution in [0.4, 0.5) is 0 Å². The fraction of sp³-hybridized carbons (Fsp3) is 0.385. The highest BCUT2D eigenvalue weighted by atomic mass is 32.3. The highest BCUT2D eigenvalue weighted by Crippen LogP contribution is 2.23. The fourth-order valence-corrected chi connectivity index (χ4v) is 2.87. The molecule has 0 bridgehead atoms. The third-order valence-electron chi connectivity index (χ3n) is 2.89. The van der Waals surface area contributed by atoms with Crippen molar-refractivity contribution in [3.05, 3.63) is 36.0 Å². The topological polar surface area (TPSA) is 68.5 Å². The molecule has 0 aliphatic carbocycles. The van der Waals surface area contributed by atoms with E-state index in [2.05, 4.69) is 0 Å². The predicted molar refractivity (Wildman–Crippen MR) is 73.4 cm³/mol. The Morgan fingerprint density at radius 2 is 1.95 bits per heavy atom. The monoisotopic (exact) mass is 283 g/mol.